The van der Waals surface area contributed by atoms with Crippen molar-refractivity contribution in [1.29, 1.82) is 0 Å². The van der Waals surface area contributed by atoms with E-state index in [4.69, 9.17) is 10.5 Å². The zero-order valence-electron chi connectivity index (χ0n) is 9.70. The number of hydrogen-bond acceptors (Lipinski definition) is 3. The molecule has 0 amide bonds. The van der Waals surface area contributed by atoms with Gasteiger partial charge in [-0.05, 0) is 30.7 Å². The van der Waals surface area contributed by atoms with Crippen molar-refractivity contribution in [3.8, 4) is 16.9 Å². The predicted molar refractivity (Wildman–Crippen MR) is 65.3 cm³/mol. The number of anilines is 1. The van der Waals surface area contributed by atoms with Crippen LogP contribution in [-0.4, -0.2) is 12.1 Å². The van der Waals surface area contributed by atoms with Gasteiger partial charge in [0.2, 0.25) is 0 Å². The molecule has 0 radical (unpaired) electrons. The minimum Gasteiger partial charge on any atom is -0.495 e. The molecule has 0 aliphatic carbocycles. The van der Waals surface area contributed by atoms with Crippen LogP contribution < -0.4 is 10.5 Å². The molecular formula is C13H13FN2O. The first-order valence-corrected chi connectivity index (χ1v) is 5.17. The molecule has 88 valence electrons. The van der Waals surface area contributed by atoms with Crippen LogP contribution in [0.4, 0.5) is 10.1 Å². The second-order valence-electron chi connectivity index (χ2n) is 3.80. The Hall–Kier alpha value is -2.10. The van der Waals surface area contributed by atoms with Gasteiger partial charge < -0.3 is 10.5 Å². The Morgan fingerprint density at radius 1 is 1.24 bits per heavy atom. The fourth-order valence-corrected chi connectivity index (χ4v) is 1.59. The summed E-state index contributed by atoms with van der Waals surface area (Å²) in [6.45, 7) is 1.77. The number of rotatable bonds is 2. The summed E-state index contributed by atoms with van der Waals surface area (Å²) in [4.78, 5) is 3.99. The summed E-state index contributed by atoms with van der Waals surface area (Å²) in [6, 6.07) is 4.76. The average Bonchev–Trinajstić information content (AvgIpc) is 2.34. The Kier molecular flexibility index (Phi) is 2.95. The maximum absolute atomic E-state index is 13.8. The van der Waals surface area contributed by atoms with Gasteiger partial charge in [0, 0.05) is 23.0 Å². The van der Waals surface area contributed by atoms with Crippen molar-refractivity contribution in [3.63, 3.8) is 0 Å². The number of benzene rings is 1. The van der Waals surface area contributed by atoms with Crippen LogP contribution in [0.1, 0.15) is 5.56 Å². The largest absolute Gasteiger partial charge is 0.495 e. The number of ether oxygens (including phenoxy) is 1. The predicted octanol–water partition coefficient (Wildman–Crippen LogP) is 2.79. The van der Waals surface area contributed by atoms with Crippen molar-refractivity contribution in [2.45, 2.75) is 6.92 Å². The van der Waals surface area contributed by atoms with E-state index in [0.717, 1.165) is 5.56 Å². The molecule has 1 heterocycles. The smallest absolute Gasteiger partial charge is 0.137 e. The van der Waals surface area contributed by atoms with Crippen molar-refractivity contribution in [2.24, 2.45) is 0 Å². The molecule has 0 atom stereocenters. The van der Waals surface area contributed by atoms with Crippen LogP contribution in [0, 0.1) is 12.7 Å². The van der Waals surface area contributed by atoms with E-state index in [-0.39, 0.29) is 5.82 Å². The van der Waals surface area contributed by atoms with Crippen molar-refractivity contribution in [2.75, 3.05) is 12.8 Å². The van der Waals surface area contributed by atoms with E-state index < -0.39 is 0 Å². The number of nitrogen functional groups attached to an aromatic ring is 1. The SMILES string of the molecule is COc1cncc(-c2cc(N)c(C)cc2F)c1. The van der Waals surface area contributed by atoms with Crippen LogP contribution in [0.2, 0.25) is 0 Å². The number of methoxy groups -OCH3 is 1. The third-order valence-corrected chi connectivity index (χ3v) is 2.62. The van der Waals surface area contributed by atoms with Gasteiger partial charge in [-0.25, -0.2) is 4.39 Å². The summed E-state index contributed by atoms with van der Waals surface area (Å²) in [7, 11) is 1.54. The maximum atomic E-state index is 13.8. The van der Waals surface area contributed by atoms with E-state index in [1.54, 1.807) is 38.6 Å². The first kappa shape index (κ1) is 11.4. The van der Waals surface area contributed by atoms with Crippen molar-refractivity contribution >= 4 is 5.69 Å². The number of halogens is 1. The van der Waals surface area contributed by atoms with Crippen molar-refractivity contribution in [1.82, 2.24) is 4.98 Å². The Balaban J connectivity index is 2.56. The zero-order valence-corrected chi connectivity index (χ0v) is 9.70. The quantitative estimate of drug-likeness (QED) is 0.810. The minimum atomic E-state index is -0.313. The number of pyridine rings is 1. The number of aryl methyl sites for hydroxylation is 1. The highest BCUT2D eigenvalue weighted by molar-refractivity contribution is 5.69. The molecule has 0 spiro atoms. The molecule has 0 aliphatic heterocycles. The number of nitrogens with two attached hydrogens (primary N) is 1. The molecule has 3 nitrogen and oxygen atoms in total. The summed E-state index contributed by atoms with van der Waals surface area (Å²) in [6.07, 6.45) is 3.15. The summed E-state index contributed by atoms with van der Waals surface area (Å²) >= 11 is 0. The van der Waals surface area contributed by atoms with Crippen molar-refractivity contribution in [3.05, 3.63) is 42.0 Å². The fourth-order valence-electron chi connectivity index (χ4n) is 1.59. The topological polar surface area (TPSA) is 48.1 Å². The normalized spacial score (nSPS) is 10.3. The molecule has 0 aliphatic rings. The summed E-state index contributed by atoms with van der Waals surface area (Å²) in [5.74, 6) is 0.271. The lowest BCUT2D eigenvalue weighted by molar-refractivity contribution is 0.413. The highest BCUT2D eigenvalue weighted by Gasteiger charge is 2.09. The second kappa shape index (κ2) is 4.41. The van der Waals surface area contributed by atoms with Gasteiger partial charge in [0.25, 0.3) is 0 Å². The Labute approximate surface area is 99.1 Å². The molecule has 0 bridgehead atoms. The molecule has 0 fully saturated rings. The number of hydrogen-bond donors (Lipinski definition) is 1. The number of aromatic nitrogens is 1. The van der Waals surface area contributed by atoms with E-state index in [1.165, 1.54) is 6.07 Å². The van der Waals surface area contributed by atoms with Gasteiger partial charge in [0.15, 0.2) is 0 Å². The van der Waals surface area contributed by atoms with Crippen molar-refractivity contribution < 1.29 is 9.13 Å². The van der Waals surface area contributed by atoms with Gasteiger partial charge in [0.05, 0.1) is 13.3 Å². The van der Waals surface area contributed by atoms with Crippen LogP contribution >= 0.6 is 0 Å². The molecule has 17 heavy (non-hydrogen) atoms. The van der Waals surface area contributed by atoms with Gasteiger partial charge in [-0.2, -0.15) is 0 Å². The molecule has 1 aromatic heterocycles. The maximum Gasteiger partial charge on any atom is 0.137 e. The average molecular weight is 232 g/mol. The molecule has 2 N–H and O–H groups in total. The summed E-state index contributed by atoms with van der Waals surface area (Å²) in [5, 5.41) is 0. The van der Waals surface area contributed by atoms with E-state index in [0.29, 0.717) is 22.6 Å². The molecule has 2 aromatic rings. The van der Waals surface area contributed by atoms with Gasteiger partial charge in [-0.15, -0.1) is 0 Å². The molecule has 2 rings (SSSR count). The molecular weight excluding hydrogens is 219 g/mol. The third-order valence-electron chi connectivity index (χ3n) is 2.62. The van der Waals surface area contributed by atoms with Gasteiger partial charge in [-0.3, -0.25) is 4.98 Å². The Morgan fingerprint density at radius 2 is 2.00 bits per heavy atom. The lowest BCUT2D eigenvalue weighted by Crippen LogP contribution is -1.94. The highest BCUT2D eigenvalue weighted by atomic mass is 19.1. The van der Waals surface area contributed by atoms with E-state index in [2.05, 4.69) is 4.98 Å². The van der Waals surface area contributed by atoms with Crippen LogP contribution in [0.25, 0.3) is 11.1 Å². The van der Waals surface area contributed by atoms with E-state index in [9.17, 15) is 4.39 Å². The van der Waals surface area contributed by atoms with Gasteiger partial charge in [0.1, 0.15) is 11.6 Å². The molecule has 0 unspecified atom stereocenters. The first-order valence-electron chi connectivity index (χ1n) is 5.17. The van der Waals surface area contributed by atoms with Gasteiger partial charge >= 0.3 is 0 Å². The monoisotopic (exact) mass is 232 g/mol. The third kappa shape index (κ3) is 2.20. The summed E-state index contributed by atoms with van der Waals surface area (Å²) in [5.41, 5.74) is 8.14. The molecule has 0 saturated carbocycles. The first-order chi connectivity index (χ1) is 8.11. The molecule has 1 aromatic carbocycles. The minimum absolute atomic E-state index is 0.313. The van der Waals surface area contributed by atoms with Gasteiger partial charge in [-0.1, -0.05) is 0 Å². The lowest BCUT2D eigenvalue weighted by Gasteiger charge is -2.08. The summed E-state index contributed by atoms with van der Waals surface area (Å²) < 4.78 is 18.9. The molecule has 0 saturated heterocycles. The lowest BCUT2D eigenvalue weighted by atomic mass is 10.0. The van der Waals surface area contributed by atoms with Crippen LogP contribution in [-0.2, 0) is 0 Å². The van der Waals surface area contributed by atoms with Crippen LogP contribution in [0.3, 0.4) is 0 Å². The van der Waals surface area contributed by atoms with Crippen LogP contribution in [0.15, 0.2) is 30.6 Å². The second-order valence-corrected chi connectivity index (χ2v) is 3.80. The zero-order chi connectivity index (χ0) is 12.4. The van der Waals surface area contributed by atoms with E-state index in [1.807, 2.05) is 0 Å². The standard InChI is InChI=1S/C13H13FN2O/c1-8-3-12(14)11(5-13(8)15)9-4-10(17-2)7-16-6-9/h3-7H,15H2,1-2H3. The Bertz CT molecular complexity index is 555. The van der Waals surface area contributed by atoms with Crippen LogP contribution in [0.5, 0.6) is 5.75 Å². The fraction of sp³-hybridized carbons (Fsp3) is 0.154. The molecule has 4 heteroatoms. The van der Waals surface area contributed by atoms with E-state index >= 15 is 0 Å². The Morgan fingerprint density at radius 3 is 2.71 bits per heavy atom. The highest BCUT2D eigenvalue weighted by Crippen LogP contribution is 2.28. The number of nitrogens with zero attached hydrogens (tertiary/aromatic N) is 1.